The maximum atomic E-state index is 12.3. The van der Waals surface area contributed by atoms with E-state index in [1.54, 1.807) is 11.9 Å². The van der Waals surface area contributed by atoms with Crippen molar-refractivity contribution in [1.29, 1.82) is 0 Å². The van der Waals surface area contributed by atoms with Crippen LogP contribution in [0.3, 0.4) is 0 Å². The van der Waals surface area contributed by atoms with E-state index in [1.807, 2.05) is 0 Å². The van der Waals surface area contributed by atoms with Gasteiger partial charge in [0.25, 0.3) is 5.91 Å². The first-order chi connectivity index (χ1) is 9.15. The molecule has 0 saturated carbocycles. The molecule has 1 saturated heterocycles. The molecule has 1 aromatic heterocycles. The molecule has 2 heterocycles. The highest BCUT2D eigenvalue weighted by Crippen LogP contribution is 2.26. The molecule has 2 rings (SSSR count). The second-order valence-corrected chi connectivity index (χ2v) is 5.34. The highest BCUT2D eigenvalue weighted by molar-refractivity contribution is 7.18. The van der Waals surface area contributed by atoms with Crippen molar-refractivity contribution in [2.75, 3.05) is 57.4 Å². The van der Waals surface area contributed by atoms with Crippen LogP contribution in [0.2, 0.25) is 0 Å². The Bertz CT molecular complexity index is 442. The van der Waals surface area contributed by atoms with E-state index in [0.29, 0.717) is 29.6 Å². The summed E-state index contributed by atoms with van der Waals surface area (Å²) in [7, 11) is 1.75. The Morgan fingerprint density at radius 1 is 1.47 bits per heavy atom. The zero-order valence-electron chi connectivity index (χ0n) is 10.9. The number of nitrogens with two attached hydrogens (primary N) is 1. The molecular weight excluding hydrogens is 266 g/mol. The first-order valence-corrected chi connectivity index (χ1v) is 7.04. The van der Waals surface area contributed by atoms with Crippen molar-refractivity contribution in [2.24, 2.45) is 0 Å². The van der Waals surface area contributed by atoms with Gasteiger partial charge < -0.3 is 21.1 Å². The zero-order chi connectivity index (χ0) is 13.8. The average Bonchev–Trinajstić information content (AvgIpc) is 2.80. The van der Waals surface area contributed by atoms with Crippen molar-refractivity contribution in [1.82, 2.24) is 14.8 Å². The Morgan fingerprint density at radius 2 is 2.16 bits per heavy atom. The number of piperazine rings is 1. The van der Waals surface area contributed by atoms with Crippen LogP contribution in [-0.4, -0.2) is 72.2 Å². The van der Waals surface area contributed by atoms with Crippen molar-refractivity contribution in [3.8, 4) is 0 Å². The number of nitrogens with one attached hydrogen (secondary N) is 1. The SMILES string of the molecule is CNc1nc(N)c(C(=O)N2CCN(CCO)CC2)s1. The number of aromatic nitrogens is 1. The first kappa shape index (κ1) is 14.0. The summed E-state index contributed by atoms with van der Waals surface area (Å²) < 4.78 is 0. The monoisotopic (exact) mass is 285 g/mol. The molecule has 1 aromatic rings. The molecule has 0 spiro atoms. The second kappa shape index (κ2) is 6.18. The van der Waals surface area contributed by atoms with Crippen LogP contribution in [0.5, 0.6) is 0 Å². The van der Waals surface area contributed by atoms with Crippen LogP contribution < -0.4 is 11.1 Å². The van der Waals surface area contributed by atoms with Crippen molar-refractivity contribution < 1.29 is 9.90 Å². The van der Waals surface area contributed by atoms with Crippen LogP contribution in [0, 0.1) is 0 Å². The maximum absolute atomic E-state index is 12.3. The van der Waals surface area contributed by atoms with Gasteiger partial charge in [0, 0.05) is 39.8 Å². The number of anilines is 2. The number of amides is 1. The lowest BCUT2D eigenvalue weighted by Crippen LogP contribution is -2.49. The molecule has 8 heteroatoms. The molecule has 0 unspecified atom stereocenters. The Hall–Kier alpha value is -1.38. The molecule has 1 fully saturated rings. The molecule has 0 radical (unpaired) electrons. The van der Waals surface area contributed by atoms with Crippen LogP contribution in [0.25, 0.3) is 0 Å². The van der Waals surface area contributed by atoms with Gasteiger partial charge in [-0.2, -0.15) is 0 Å². The molecule has 1 aliphatic rings. The third-order valence-electron chi connectivity index (χ3n) is 3.14. The van der Waals surface area contributed by atoms with Gasteiger partial charge in [0.15, 0.2) is 5.13 Å². The number of aliphatic hydroxyl groups is 1. The van der Waals surface area contributed by atoms with Gasteiger partial charge in [-0.1, -0.05) is 11.3 Å². The van der Waals surface area contributed by atoms with Gasteiger partial charge in [0.2, 0.25) is 0 Å². The summed E-state index contributed by atoms with van der Waals surface area (Å²) in [6.07, 6.45) is 0. The molecule has 1 amide bonds. The number of aliphatic hydroxyl groups excluding tert-OH is 1. The van der Waals surface area contributed by atoms with Crippen molar-refractivity contribution in [2.45, 2.75) is 0 Å². The van der Waals surface area contributed by atoms with Gasteiger partial charge in [0.1, 0.15) is 10.7 Å². The second-order valence-electron chi connectivity index (χ2n) is 4.34. The first-order valence-electron chi connectivity index (χ1n) is 6.22. The lowest BCUT2D eigenvalue weighted by Gasteiger charge is -2.34. The zero-order valence-corrected chi connectivity index (χ0v) is 11.7. The molecule has 1 aliphatic heterocycles. The minimum Gasteiger partial charge on any atom is -0.395 e. The lowest BCUT2D eigenvalue weighted by molar-refractivity contribution is 0.0620. The third-order valence-corrected chi connectivity index (χ3v) is 4.21. The van der Waals surface area contributed by atoms with Gasteiger partial charge >= 0.3 is 0 Å². The summed E-state index contributed by atoms with van der Waals surface area (Å²) in [4.78, 5) is 20.8. The predicted molar refractivity (Wildman–Crippen MR) is 75.5 cm³/mol. The van der Waals surface area contributed by atoms with Crippen molar-refractivity contribution >= 4 is 28.2 Å². The van der Waals surface area contributed by atoms with Crippen molar-refractivity contribution in [3.05, 3.63) is 4.88 Å². The number of rotatable bonds is 4. The Labute approximate surface area is 116 Å². The van der Waals surface area contributed by atoms with E-state index in [0.717, 1.165) is 13.1 Å². The molecule has 7 nitrogen and oxygen atoms in total. The van der Waals surface area contributed by atoms with Gasteiger partial charge in [0.05, 0.1) is 6.61 Å². The molecule has 0 aliphatic carbocycles. The highest BCUT2D eigenvalue weighted by Gasteiger charge is 2.25. The van der Waals surface area contributed by atoms with E-state index in [9.17, 15) is 4.79 Å². The van der Waals surface area contributed by atoms with Crippen molar-refractivity contribution in [3.63, 3.8) is 0 Å². The van der Waals surface area contributed by atoms with Crippen LogP contribution in [0.4, 0.5) is 10.9 Å². The van der Waals surface area contributed by atoms with Gasteiger partial charge in [-0.05, 0) is 0 Å². The lowest BCUT2D eigenvalue weighted by atomic mass is 10.3. The normalized spacial score (nSPS) is 16.6. The largest absolute Gasteiger partial charge is 0.395 e. The summed E-state index contributed by atoms with van der Waals surface area (Å²) >= 11 is 1.28. The van der Waals surface area contributed by atoms with E-state index >= 15 is 0 Å². The summed E-state index contributed by atoms with van der Waals surface area (Å²) in [6, 6.07) is 0. The third kappa shape index (κ3) is 3.14. The fourth-order valence-corrected chi connectivity index (χ4v) is 2.86. The number of carbonyl (C=O) groups is 1. The molecule has 19 heavy (non-hydrogen) atoms. The molecular formula is C11H19N5O2S. The Balaban J connectivity index is 1.99. The van der Waals surface area contributed by atoms with Gasteiger partial charge in [-0.3, -0.25) is 9.69 Å². The summed E-state index contributed by atoms with van der Waals surface area (Å²) in [5, 5.41) is 12.4. The highest BCUT2D eigenvalue weighted by atomic mass is 32.1. The fraction of sp³-hybridized carbons (Fsp3) is 0.636. The molecule has 0 atom stereocenters. The Morgan fingerprint density at radius 3 is 2.68 bits per heavy atom. The van der Waals surface area contributed by atoms with E-state index in [4.69, 9.17) is 10.8 Å². The summed E-state index contributed by atoms with van der Waals surface area (Å²) in [6.45, 7) is 3.69. The van der Waals surface area contributed by atoms with Gasteiger partial charge in [-0.15, -0.1) is 0 Å². The van der Waals surface area contributed by atoms with E-state index < -0.39 is 0 Å². The fourth-order valence-electron chi connectivity index (χ4n) is 2.05. The van der Waals surface area contributed by atoms with E-state index in [2.05, 4.69) is 15.2 Å². The molecule has 106 valence electrons. The van der Waals surface area contributed by atoms with E-state index in [1.165, 1.54) is 11.3 Å². The van der Waals surface area contributed by atoms with Crippen LogP contribution >= 0.6 is 11.3 Å². The number of hydrogen-bond acceptors (Lipinski definition) is 7. The standard InChI is InChI=1S/C11H19N5O2S/c1-13-11-14-9(12)8(19-11)10(18)16-4-2-15(3-5-16)6-7-17/h17H,2-7,12H2,1H3,(H,13,14). The smallest absolute Gasteiger partial charge is 0.267 e. The number of nitrogen functional groups attached to an aromatic ring is 1. The number of hydrogen-bond donors (Lipinski definition) is 3. The number of thiazole rings is 1. The number of β-amino-alcohol motifs (C(OH)–C–C–N with tert-alkyl or cyclic N) is 1. The topological polar surface area (TPSA) is 94.7 Å². The minimum atomic E-state index is -0.0554. The predicted octanol–water partition coefficient (Wildman–Crippen LogP) is -0.483. The van der Waals surface area contributed by atoms with E-state index in [-0.39, 0.29) is 18.3 Å². The number of nitrogens with zero attached hydrogens (tertiary/aromatic N) is 3. The minimum absolute atomic E-state index is 0.0554. The molecule has 4 N–H and O–H groups in total. The van der Waals surface area contributed by atoms with Crippen LogP contribution in [0.1, 0.15) is 9.67 Å². The summed E-state index contributed by atoms with van der Waals surface area (Å²) in [5.41, 5.74) is 5.77. The Kier molecular flexibility index (Phi) is 4.56. The molecule has 0 aromatic carbocycles. The quantitative estimate of drug-likeness (QED) is 0.691. The van der Waals surface area contributed by atoms with Gasteiger partial charge in [-0.25, -0.2) is 4.98 Å². The number of carbonyl (C=O) groups excluding carboxylic acids is 1. The summed E-state index contributed by atoms with van der Waals surface area (Å²) in [5.74, 6) is 0.234. The van der Waals surface area contributed by atoms with Crippen LogP contribution in [0.15, 0.2) is 0 Å². The average molecular weight is 285 g/mol. The maximum Gasteiger partial charge on any atom is 0.267 e. The molecule has 0 bridgehead atoms. The van der Waals surface area contributed by atoms with Crippen LogP contribution in [-0.2, 0) is 0 Å².